The summed E-state index contributed by atoms with van der Waals surface area (Å²) >= 11 is 11.7. The van der Waals surface area contributed by atoms with E-state index in [0.29, 0.717) is 0 Å². The fourth-order valence-corrected chi connectivity index (χ4v) is 2.06. The highest BCUT2D eigenvalue weighted by Crippen LogP contribution is 2.27. The molecule has 0 saturated heterocycles. The molecule has 0 aliphatic rings. The molecule has 1 amide bonds. The number of amides is 1. The van der Waals surface area contributed by atoms with Gasteiger partial charge in [-0.05, 0) is 30.3 Å². The van der Waals surface area contributed by atoms with Crippen molar-refractivity contribution >= 4 is 40.8 Å². The predicted molar refractivity (Wildman–Crippen MR) is 77.8 cm³/mol. The summed E-state index contributed by atoms with van der Waals surface area (Å²) in [7, 11) is 0. The van der Waals surface area contributed by atoms with Crippen LogP contribution < -0.4 is 5.32 Å². The topological polar surface area (TPSA) is 66.4 Å². The second-order valence-electron chi connectivity index (χ2n) is 4.05. The van der Waals surface area contributed by atoms with E-state index in [2.05, 4.69) is 5.32 Å². The van der Waals surface area contributed by atoms with Gasteiger partial charge in [0.05, 0.1) is 26.9 Å². The Morgan fingerprint density at radius 1 is 1.10 bits per heavy atom. The molecule has 0 radical (unpaired) electrons. The molecule has 2 aromatic rings. The minimum absolute atomic E-state index is 0.0324. The molecule has 2 N–H and O–H groups in total. The van der Waals surface area contributed by atoms with E-state index in [1.54, 1.807) is 0 Å². The fraction of sp³-hybridized carbons (Fsp3) is 0. The lowest BCUT2D eigenvalue weighted by Crippen LogP contribution is -2.15. The van der Waals surface area contributed by atoms with E-state index in [0.717, 1.165) is 18.2 Å². The van der Waals surface area contributed by atoms with Crippen LogP contribution >= 0.6 is 23.2 Å². The molecule has 0 atom stereocenters. The SMILES string of the molecule is O=C(O)c1ccc(F)cc1NC(=O)c1cccc(Cl)c1Cl. The first kappa shape index (κ1) is 15.3. The van der Waals surface area contributed by atoms with Crippen molar-refractivity contribution in [1.29, 1.82) is 0 Å². The van der Waals surface area contributed by atoms with Crippen LogP contribution in [0.15, 0.2) is 36.4 Å². The molecule has 4 nitrogen and oxygen atoms in total. The highest BCUT2D eigenvalue weighted by atomic mass is 35.5. The number of carboxylic acid groups (broad SMARTS) is 1. The number of nitrogens with one attached hydrogen (secondary N) is 1. The van der Waals surface area contributed by atoms with E-state index in [-0.39, 0.29) is 26.9 Å². The van der Waals surface area contributed by atoms with Crippen molar-refractivity contribution in [3.8, 4) is 0 Å². The van der Waals surface area contributed by atoms with Crippen LogP contribution in [0.3, 0.4) is 0 Å². The maximum atomic E-state index is 13.2. The number of hydrogen-bond donors (Lipinski definition) is 2. The third-order valence-corrected chi connectivity index (χ3v) is 3.48. The van der Waals surface area contributed by atoms with Crippen molar-refractivity contribution in [2.45, 2.75) is 0 Å². The third-order valence-electron chi connectivity index (χ3n) is 2.66. The van der Waals surface area contributed by atoms with Crippen molar-refractivity contribution in [3.05, 3.63) is 63.4 Å². The zero-order valence-electron chi connectivity index (χ0n) is 10.4. The summed E-state index contributed by atoms with van der Waals surface area (Å²) in [5, 5.41) is 11.5. The minimum Gasteiger partial charge on any atom is -0.478 e. The summed E-state index contributed by atoms with van der Waals surface area (Å²) in [5.74, 6) is -2.65. The summed E-state index contributed by atoms with van der Waals surface area (Å²) in [6.07, 6.45) is 0. The number of rotatable bonds is 3. The number of aromatic carboxylic acids is 1. The Hall–Kier alpha value is -2.11. The van der Waals surface area contributed by atoms with Gasteiger partial charge in [0.25, 0.3) is 5.91 Å². The molecule has 0 unspecified atom stereocenters. The zero-order valence-corrected chi connectivity index (χ0v) is 11.9. The summed E-state index contributed by atoms with van der Waals surface area (Å²) < 4.78 is 13.2. The van der Waals surface area contributed by atoms with Crippen LogP contribution in [0.2, 0.25) is 10.0 Å². The zero-order chi connectivity index (χ0) is 15.6. The Morgan fingerprint density at radius 3 is 2.48 bits per heavy atom. The summed E-state index contributed by atoms with van der Waals surface area (Å²) in [6.45, 7) is 0. The number of anilines is 1. The maximum Gasteiger partial charge on any atom is 0.337 e. The molecule has 2 rings (SSSR count). The monoisotopic (exact) mass is 327 g/mol. The Bertz CT molecular complexity index is 734. The van der Waals surface area contributed by atoms with Crippen LogP contribution in [0, 0.1) is 5.82 Å². The Labute approximate surface area is 129 Å². The molecule has 0 saturated carbocycles. The van der Waals surface area contributed by atoms with E-state index in [1.807, 2.05) is 0 Å². The molecule has 0 aliphatic carbocycles. The van der Waals surface area contributed by atoms with Crippen LogP contribution in [0.4, 0.5) is 10.1 Å². The molecule has 0 fully saturated rings. The van der Waals surface area contributed by atoms with Gasteiger partial charge in [-0.25, -0.2) is 9.18 Å². The van der Waals surface area contributed by atoms with Gasteiger partial charge in [-0.3, -0.25) is 4.79 Å². The van der Waals surface area contributed by atoms with Gasteiger partial charge >= 0.3 is 5.97 Å². The maximum absolute atomic E-state index is 13.2. The number of halogens is 3. The van der Waals surface area contributed by atoms with Crippen molar-refractivity contribution in [1.82, 2.24) is 0 Å². The number of benzene rings is 2. The van der Waals surface area contributed by atoms with Crippen LogP contribution in [0.5, 0.6) is 0 Å². The first-order valence-corrected chi connectivity index (χ1v) is 6.44. The summed E-state index contributed by atoms with van der Waals surface area (Å²) in [4.78, 5) is 23.2. The van der Waals surface area contributed by atoms with Crippen LogP contribution in [-0.4, -0.2) is 17.0 Å². The molecule has 21 heavy (non-hydrogen) atoms. The Kier molecular flexibility index (Phi) is 4.45. The second kappa shape index (κ2) is 6.11. The predicted octanol–water partition coefficient (Wildman–Crippen LogP) is 4.08. The summed E-state index contributed by atoms with van der Waals surface area (Å²) in [6, 6.07) is 7.42. The van der Waals surface area contributed by atoms with E-state index in [9.17, 15) is 14.0 Å². The standard InChI is InChI=1S/C14H8Cl2FNO3/c15-10-3-1-2-9(12(10)16)13(19)18-11-6-7(17)4-5-8(11)14(20)21/h1-6H,(H,18,19)(H,20,21). The van der Waals surface area contributed by atoms with E-state index in [1.165, 1.54) is 18.2 Å². The average molecular weight is 328 g/mol. The molecule has 2 aromatic carbocycles. The van der Waals surface area contributed by atoms with Gasteiger partial charge < -0.3 is 10.4 Å². The van der Waals surface area contributed by atoms with E-state index < -0.39 is 17.7 Å². The van der Waals surface area contributed by atoms with Gasteiger partial charge in [0.1, 0.15) is 5.82 Å². The fourth-order valence-electron chi connectivity index (χ4n) is 1.68. The number of carboxylic acids is 1. The van der Waals surface area contributed by atoms with Crippen LogP contribution in [-0.2, 0) is 0 Å². The highest BCUT2D eigenvalue weighted by Gasteiger charge is 2.17. The van der Waals surface area contributed by atoms with Crippen molar-refractivity contribution < 1.29 is 19.1 Å². The van der Waals surface area contributed by atoms with Gasteiger partial charge in [0, 0.05) is 0 Å². The van der Waals surface area contributed by atoms with E-state index in [4.69, 9.17) is 28.3 Å². The second-order valence-corrected chi connectivity index (χ2v) is 4.84. The molecular weight excluding hydrogens is 320 g/mol. The summed E-state index contributed by atoms with van der Waals surface area (Å²) in [5.41, 5.74) is -0.337. The number of hydrogen-bond acceptors (Lipinski definition) is 2. The smallest absolute Gasteiger partial charge is 0.337 e. The molecule has 0 heterocycles. The van der Waals surface area contributed by atoms with E-state index >= 15 is 0 Å². The quantitative estimate of drug-likeness (QED) is 0.892. The normalized spacial score (nSPS) is 10.2. The van der Waals surface area contributed by atoms with Crippen LogP contribution in [0.25, 0.3) is 0 Å². The third kappa shape index (κ3) is 3.32. The average Bonchev–Trinajstić information content (AvgIpc) is 2.41. The largest absolute Gasteiger partial charge is 0.478 e. The number of carbonyl (C=O) groups is 2. The highest BCUT2D eigenvalue weighted by molar-refractivity contribution is 6.44. The van der Waals surface area contributed by atoms with Gasteiger partial charge in [-0.15, -0.1) is 0 Å². The Balaban J connectivity index is 2.38. The Morgan fingerprint density at radius 2 is 1.81 bits per heavy atom. The van der Waals surface area contributed by atoms with Gasteiger partial charge in [-0.1, -0.05) is 29.3 Å². The van der Waals surface area contributed by atoms with Crippen molar-refractivity contribution in [3.63, 3.8) is 0 Å². The first-order valence-electron chi connectivity index (χ1n) is 5.68. The molecule has 0 bridgehead atoms. The van der Waals surface area contributed by atoms with Crippen LogP contribution in [0.1, 0.15) is 20.7 Å². The van der Waals surface area contributed by atoms with Gasteiger partial charge in [0.15, 0.2) is 0 Å². The van der Waals surface area contributed by atoms with Crippen molar-refractivity contribution in [2.75, 3.05) is 5.32 Å². The van der Waals surface area contributed by atoms with Gasteiger partial charge in [-0.2, -0.15) is 0 Å². The first-order chi connectivity index (χ1) is 9.90. The molecule has 7 heteroatoms. The molecule has 0 spiro atoms. The molecule has 108 valence electrons. The molecule has 0 aliphatic heterocycles. The number of carbonyl (C=O) groups excluding carboxylic acids is 1. The lowest BCUT2D eigenvalue weighted by molar-refractivity contribution is 0.0698. The van der Waals surface area contributed by atoms with Crippen molar-refractivity contribution in [2.24, 2.45) is 0 Å². The molecule has 0 aromatic heterocycles. The minimum atomic E-state index is -1.29. The lowest BCUT2D eigenvalue weighted by Gasteiger charge is -2.10. The lowest BCUT2D eigenvalue weighted by atomic mass is 10.1. The van der Waals surface area contributed by atoms with Gasteiger partial charge in [0.2, 0.25) is 0 Å². The molecular formula is C14H8Cl2FNO3.